The largest absolute Gasteiger partial charge is 0.382 e. The van der Waals surface area contributed by atoms with Crippen LogP contribution in [-0.4, -0.2) is 28.2 Å². The molecule has 1 saturated heterocycles. The zero-order chi connectivity index (χ0) is 10.9. The zero-order valence-corrected chi connectivity index (χ0v) is 9.03. The fraction of sp³-hybridized carbons (Fsp3) is 0.600. The smallest absolute Gasteiger partial charge is 0.145 e. The highest BCUT2D eigenvalue weighted by Crippen LogP contribution is 2.28. The van der Waals surface area contributed by atoms with Crippen molar-refractivity contribution in [2.75, 3.05) is 17.7 Å². The molecule has 3 N–H and O–H groups in total. The second-order valence-corrected chi connectivity index (χ2v) is 4.13. The minimum atomic E-state index is -0.0647. The van der Waals surface area contributed by atoms with Gasteiger partial charge >= 0.3 is 0 Å². The third-order valence-electron chi connectivity index (χ3n) is 2.97. The van der Waals surface area contributed by atoms with Gasteiger partial charge in [0.2, 0.25) is 0 Å². The van der Waals surface area contributed by atoms with Gasteiger partial charge in [-0.15, -0.1) is 0 Å². The highest BCUT2D eigenvalue weighted by molar-refractivity contribution is 5.39. The number of hydrogen-bond donors (Lipinski definition) is 2. The highest BCUT2D eigenvalue weighted by Gasteiger charge is 2.37. The summed E-state index contributed by atoms with van der Waals surface area (Å²) in [4.78, 5) is 8.16. The normalized spacial score (nSPS) is 30.4. The van der Waals surface area contributed by atoms with Crippen LogP contribution in [-0.2, 0) is 4.74 Å². The van der Waals surface area contributed by atoms with E-state index in [1.165, 1.54) is 0 Å². The van der Waals surface area contributed by atoms with Crippen molar-refractivity contribution in [3.63, 3.8) is 0 Å². The topological polar surface area (TPSA) is 73.1 Å². The number of nitrogens with two attached hydrogens (primary N) is 1. The van der Waals surface area contributed by atoms with Crippen LogP contribution in [0.1, 0.15) is 20.3 Å². The molecule has 0 bridgehead atoms. The Balaban J connectivity index is 2.11. The lowest BCUT2D eigenvalue weighted by atomic mass is 9.95. The first kappa shape index (κ1) is 10.2. The van der Waals surface area contributed by atoms with Crippen molar-refractivity contribution in [3.05, 3.63) is 12.4 Å². The van der Waals surface area contributed by atoms with Gasteiger partial charge in [-0.3, -0.25) is 0 Å². The summed E-state index contributed by atoms with van der Waals surface area (Å²) in [5.41, 5.74) is 5.40. The number of anilines is 2. The number of hydrogen-bond acceptors (Lipinski definition) is 5. The first-order valence-electron chi connectivity index (χ1n) is 5.07. The SMILES string of the molecule is CC1OCCC1(C)Nc1cnc(N)cn1. The molecule has 2 atom stereocenters. The number of ether oxygens (including phenoxy) is 1. The molecule has 0 saturated carbocycles. The van der Waals surface area contributed by atoms with Gasteiger partial charge in [-0.25, -0.2) is 9.97 Å². The molecule has 5 nitrogen and oxygen atoms in total. The lowest BCUT2D eigenvalue weighted by molar-refractivity contribution is 0.105. The second kappa shape index (κ2) is 3.66. The van der Waals surface area contributed by atoms with Crippen molar-refractivity contribution in [1.82, 2.24) is 9.97 Å². The molecule has 0 radical (unpaired) electrons. The minimum Gasteiger partial charge on any atom is -0.382 e. The molecular formula is C10H16N4O. The molecule has 2 unspecified atom stereocenters. The van der Waals surface area contributed by atoms with Gasteiger partial charge in [0.1, 0.15) is 11.6 Å². The molecule has 82 valence electrons. The van der Waals surface area contributed by atoms with Gasteiger partial charge in [0, 0.05) is 6.61 Å². The summed E-state index contributed by atoms with van der Waals surface area (Å²) in [6, 6.07) is 0. The summed E-state index contributed by atoms with van der Waals surface area (Å²) in [7, 11) is 0. The first-order valence-corrected chi connectivity index (χ1v) is 5.07. The molecule has 2 heterocycles. The van der Waals surface area contributed by atoms with Crippen molar-refractivity contribution < 1.29 is 4.74 Å². The summed E-state index contributed by atoms with van der Waals surface area (Å²) < 4.78 is 5.53. The van der Waals surface area contributed by atoms with Crippen LogP contribution < -0.4 is 11.1 Å². The molecule has 1 aliphatic rings. The fourth-order valence-electron chi connectivity index (χ4n) is 1.69. The fourth-order valence-corrected chi connectivity index (χ4v) is 1.69. The van der Waals surface area contributed by atoms with E-state index < -0.39 is 0 Å². The van der Waals surface area contributed by atoms with Gasteiger partial charge in [0.25, 0.3) is 0 Å². The molecule has 15 heavy (non-hydrogen) atoms. The van der Waals surface area contributed by atoms with Crippen LogP contribution in [0, 0.1) is 0 Å². The molecule has 5 heteroatoms. The lowest BCUT2D eigenvalue weighted by Crippen LogP contribution is -2.41. The predicted octanol–water partition coefficient (Wildman–Crippen LogP) is 1.04. The second-order valence-electron chi connectivity index (χ2n) is 4.13. The maximum Gasteiger partial charge on any atom is 0.145 e. The van der Waals surface area contributed by atoms with Gasteiger partial charge in [0.15, 0.2) is 0 Å². The Morgan fingerprint density at radius 3 is 2.87 bits per heavy atom. The lowest BCUT2D eigenvalue weighted by Gasteiger charge is -2.29. The Hall–Kier alpha value is -1.36. The maximum absolute atomic E-state index is 5.53. The van der Waals surface area contributed by atoms with Crippen LogP contribution in [0.2, 0.25) is 0 Å². The van der Waals surface area contributed by atoms with Crippen LogP contribution in [0.4, 0.5) is 11.6 Å². The van der Waals surface area contributed by atoms with Crippen molar-refractivity contribution in [2.24, 2.45) is 0 Å². The summed E-state index contributed by atoms with van der Waals surface area (Å²) >= 11 is 0. The molecule has 1 aromatic heterocycles. The Kier molecular flexibility index (Phi) is 2.48. The van der Waals surface area contributed by atoms with Crippen molar-refractivity contribution in [1.29, 1.82) is 0 Å². The van der Waals surface area contributed by atoms with Gasteiger partial charge in [-0.05, 0) is 20.3 Å². The van der Waals surface area contributed by atoms with Gasteiger partial charge < -0.3 is 15.8 Å². The Labute approximate surface area is 89.1 Å². The van der Waals surface area contributed by atoms with Crippen LogP contribution in [0.5, 0.6) is 0 Å². The third-order valence-corrected chi connectivity index (χ3v) is 2.97. The summed E-state index contributed by atoms with van der Waals surface area (Å²) in [6.07, 6.45) is 4.34. The van der Waals surface area contributed by atoms with E-state index in [4.69, 9.17) is 10.5 Å². The van der Waals surface area contributed by atoms with E-state index in [9.17, 15) is 0 Å². The van der Waals surface area contributed by atoms with E-state index in [1.54, 1.807) is 12.4 Å². The molecule has 0 spiro atoms. The van der Waals surface area contributed by atoms with Crippen molar-refractivity contribution >= 4 is 11.6 Å². The van der Waals surface area contributed by atoms with Gasteiger partial charge in [0.05, 0.1) is 24.0 Å². The number of nitrogens with one attached hydrogen (secondary N) is 1. The minimum absolute atomic E-state index is 0.0647. The monoisotopic (exact) mass is 208 g/mol. The van der Waals surface area contributed by atoms with Crippen LogP contribution in [0.25, 0.3) is 0 Å². The molecule has 1 aromatic rings. The van der Waals surface area contributed by atoms with E-state index in [-0.39, 0.29) is 11.6 Å². The average Bonchev–Trinajstić information content (AvgIpc) is 2.51. The van der Waals surface area contributed by atoms with Gasteiger partial charge in [-0.1, -0.05) is 0 Å². The van der Waals surface area contributed by atoms with E-state index in [0.717, 1.165) is 18.8 Å². The van der Waals surface area contributed by atoms with Crippen molar-refractivity contribution in [2.45, 2.75) is 31.9 Å². The predicted molar refractivity (Wildman–Crippen MR) is 58.5 cm³/mol. The number of aromatic nitrogens is 2. The highest BCUT2D eigenvalue weighted by atomic mass is 16.5. The standard InChI is InChI=1S/C10H16N4O/c1-7-10(2,3-4-15-7)14-9-6-12-8(11)5-13-9/h5-7H,3-4H2,1-2H3,(H2,11,12)(H,13,14). The van der Waals surface area contributed by atoms with Gasteiger partial charge in [-0.2, -0.15) is 0 Å². The van der Waals surface area contributed by atoms with Crippen LogP contribution in [0.3, 0.4) is 0 Å². The quantitative estimate of drug-likeness (QED) is 0.759. The molecule has 0 aliphatic carbocycles. The molecular weight excluding hydrogens is 192 g/mol. The number of nitrogen functional groups attached to an aromatic ring is 1. The molecule has 1 aliphatic heterocycles. The van der Waals surface area contributed by atoms with Crippen molar-refractivity contribution in [3.8, 4) is 0 Å². The first-order chi connectivity index (χ1) is 7.10. The molecule has 0 aromatic carbocycles. The summed E-state index contributed by atoms with van der Waals surface area (Å²) in [6.45, 7) is 4.97. The number of rotatable bonds is 2. The Morgan fingerprint density at radius 1 is 1.53 bits per heavy atom. The van der Waals surface area contributed by atoms with E-state index >= 15 is 0 Å². The van der Waals surface area contributed by atoms with E-state index in [0.29, 0.717) is 5.82 Å². The number of nitrogens with zero attached hydrogens (tertiary/aromatic N) is 2. The molecule has 0 amide bonds. The van der Waals surface area contributed by atoms with Crippen LogP contribution >= 0.6 is 0 Å². The third kappa shape index (κ3) is 2.02. The summed E-state index contributed by atoms with van der Waals surface area (Å²) in [5, 5.41) is 3.34. The maximum atomic E-state index is 5.53. The summed E-state index contributed by atoms with van der Waals surface area (Å²) in [5.74, 6) is 1.17. The van der Waals surface area contributed by atoms with Crippen LogP contribution in [0.15, 0.2) is 12.4 Å². The Bertz CT molecular complexity index is 340. The molecule has 2 rings (SSSR count). The molecule has 1 fully saturated rings. The Morgan fingerprint density at radius 2 is 2.33 bits per heavy atom. The van der Waals surface area contributed by atoms with E-state index in [1.807, 2.05) is 0 Å². The average molecular weight is 208 g/mol. The zero-order valence-electron chi connectivity index (χ0n) is 9.03. The van der Waals surface area contributed by atoms with E-state index in [2.05, 4.69) is 29.1 Å².